The highest BCUT2D eigenvalue weighted by Gasteiger charge is 1.93. The van der Waals surface area contributed by atoms with Crippen LogP contribution in [0, 0.1) is 0 Å². The minimum atomic E-state index is 0. The topological polar surface area (TPSA) is 26.7 Å². The Bertz CT molecular complexity index is 65.4. The minimum absolute atomic E-state index is 0. The van der Waals surface area contributed by atoms with Crippen LogP contribution in [-0.4, -0.2) is 49.4 Å². The zero-order valence-corrected chi connectivity index (χ0v) is 10.8. The van der Waals surface area contributed by atoms with E-state index in [1.807, 2.05) is 26.0 Å². The van der Waals surface area contributed by atoms with Crippen LogP contribution in [0.5, 0.6) is 0 Å². The van der Waals surface area contributed by atoms with Crippen LogP contribution in [0.1, 0.15) is 14.9 Å². The Balaban J connectivity index is -0.0000000740. The highest BCUT2D eigenvalue weighted by atomic mass is 128. The molecule has 0 aliphatic carbocycles. The van der Waals surface area contributed by atoms with Crippen LogP contribution in [0.3, 0.4) is 0 Å². The van der Waals surface area contributed by atoms with Gasteiger partial charge < -0.3 is 5.11 Å². The molecule has 3 nitrogen and oxygen atoms in total. The van der Waals surface area contributed by atoms with Gasteiger partial charge >= 0.3 is 0 Å². The molecule has 5 heteroatoms. The molecule has 0 rings (SSSR count). The van der Waals surface area contributed by atoms with Crippen molar-refractivity contribution < 1.29 is 5.11 Å². The van der Waals surface area contributed by atoms with Crippen molar-refractivity contribution in [2.45, 2.75) is 14.9 Å². The molecule has 0 atom stereocenters. The number of halogens is 2. The van der Waals surface area contributed by atoms with E-state index in [0.717, 1.165) is 6.67 Å². The zero-order chi connectivity index (χ0) is 8.57. The van der Waals surface area contributed by atoms with Crippen molar-refractivity contribution >= 4 is 37.2 Å². The predicted octanol–water partition coefficient (Wildman–Crippen LogP) is 2.43. The van der Waals surface area contributed by atoms with Crippen molar-refractivity contribution in [2.24, 2.45) is 0 Å². The van der Waals surface area contributed by atoms with E-state index in [-0.39, 0.29) is 21.6 Å². The molecule has 0 saturated heterocycles. The Morgan fingerprint density at radius 3 is 1.50 bits per heavy atom. The smallest absolute Gasteiger partial charge is 0.0964 e. The van der Waals surface area contributed by atoms with Crippen molar-refractivity contribution in [3.63, 3.8) is 0 Å². The van der Waals surface area contributed by atoms with Crippen LogP contribution in [0.2, 0.25) is 0 Å². The van der Waals surface area contributed by atoms with Crippen molar-refractivity contribution in [1.82, 2.24) is 9.80 Å². The third-order valence-corrected chi connectivity index (χ3v) is 0.766. The fraction of sp³-hybridized carbons (Fsp3) is 1.00. The summed E-state index contributed by atoms with van der Waals surface area (Å²) >= 11 is 4.24. The molecule has 0 aliphatic rings. The second kappa shape index (κ2) is 18.2. The van der Waals surface area contributed by atoms with Crippen molar-refractivity contribution in [1.29, 1.82) is 0 Å². The first-order valence-corrected chi connectivity index (χ1v) is 9.04. The van der Waals surface area contributed by atoms with E-state index in [0.29, 0.717) is 0 Å². The van der Waals surface area contributed by atoms with Gasteiger partial charge in [0.15, 0.2) is 0 Å². The normalized spacial score (nSPS) is 8.00. The Morgan fingerprint density at radius 2 is 1.42 bits per heavy atom. The van der Waals surface area contributed by atoms with Gasteiger partial charge in [-0.2, -0.15) is 0 Å². The van der Waals surface area contributed by atoms with E-state index >= 15 is 0 Å². The maximum absolute atomic E-state index is 8.48. The molecule has 1 N–H and O–H groups in total. The second-order valence-corrected chi connectivity index (χ2v) is 2.22. The van der Waals surface area contributed by atoms with Crippen LogP contribution in [0.25, 0.3) is 0 Å². The van der Waals surface area contributed by atoms with E-state index in [2.05, 4.69) is 37.2 Å². The standard InChI is InChI=1S/C5H14N2O.2CH4.I2/c1-6(2)4-7(3)5-8;;;1-2/h8H,4-5H2,1-3H3;2*1H4;. The molecule has 0 aromatic carbocycles. The van der Waals surface area contributed by atoms with Crippen LogP contribution in [0.15, 0.2) is 0 Å². The minimum Gasteiger partial charge on any atom is -0.381 e. The van der Waals surface area contributed by atoms with Gasteiger partial charge in [-0.05, 0) is 21.1 Å². The highest BCUT2D eigenvalue weighted by Crippen LogP contribution is 1.89. The number of hydrogen-bond donors (Lipinski definition) is 1. The van der Waals surface area contributed by atoms with Crippen LogP contribution < -0.4 is 0 Å². The summed E-state index contributed by atoms with van der Waals surface area (Å²) in [6, 6.07) is 0. The molecule has 0 bridgehead atoms. The molecular weight excluding hydrogens is 382 g/mol. The number of aliphatic hydroxyl groups excluding tert-OH is 1. The molecule has 0 aliphatic heterocycles. The van der Waals surface area contributed by atoms with Gasteiger partial charge in [0, 0.05) is 37.2 Å². The first-order chi connectivity index (χ1) is 4.66. The lowest BCUT2D eigenvalue weighted by Gasteiger charge is -2.17. The summed E-state index contributed by atoms with van der Waals surface area (Å²) in [4.78, 5) is 3.80. The van der Waals surface area contributed by atoms with E-state index < -0.39 is 0 Å². The Kier molecular flexibility index (Phi) is 35.3. The first kappa shape index (κ1) is 23.3. The van der Waals surface area contributed by atoms with Crippen molar-refractivity contribution in [3.8, 4) is 0 Å². The Labute approximate surface area is 101 Å². The second-order valence-electron chi connectivity index (χ2n) is 2.22. The van der Waals surface area contributed by atoms with E-state index in [1.54, 1.807) is 4.90 Å². The summed E-state index contributed by atoms with van der Waals surface area (Å²) < 4.78 is 0. The monoisotopic (exact) mass is 404 g/mol. The maximum atomic E-state index is 8.48. The predicted molar refractivity (Wildman–Crippen MR) is 74.9 cm³/mol. The lowest BCUT2D eigenvalue weighted by atomic mass is 10.8. The molecule has 0 radical (unpaired) electrons. The molecule has 80 valence electrons. The van der Waals surface area contributed by atoms with Gasteiger partial charge in [-0.15, -0.1) is 0 Å². The molecular formula is C7H22I2N2O. The summed E-state index contributed by atoms with van der Waals surface area (Å²) in [6.07, 6.45) is 0. The number of rotatable bonds is 3. The average molecular weight is 404 g/mol. The molecule has 0 spiro atoms. The van der Waals surface area contributed by atoms with Gasteiger partial charge in [0.2, 0.25) is 0 Å². The van der Waals surface area contributed by atoms with E-state index in [1.165, 1.54) is 0 Å². The summed E-state index contributed by atoms with van der Waals surface area (Å²) in [5.74, 6) is 0. The number of aliphatic hydroxyl groups is 1. The molecule has 0 heterocycles. The summed E-state index contributed by atoms with van der Waals surface area (Å²) in [7, 11) is 5.79. The molecule has 0 aromatic rings. The number of hydrogen-bond acceptors (Lipinski definition) is 3. The SMILES string of the molecule is C.C.CN(C)CN(C)CO.II. The lowest BCUT2D eigenvalue weighted by Crippen LogP contribution is -2.30. The first-order valence-electron chi connectivity index (χ1n) is 2.75. The van der Waals surface area contributed by atoms with Crippen molar-refractivity contribution in [2.75, 3.05) is 34.5 Å². The lowest BCUT2D eigenvalue weighted by molar-refractivity contribution is 0.0914. The fourth-order valence-electron chi connectivity index (χ4n) is 0.528. The van der Waals surface area contributed by atoms with Crippen LogP contribution >= 0.6 is 37.2 Å². The highest BCUT2D eigenvalue weighted by molar-refractivity contribution is 15.0. The quantitative estimate of drug-likeness (QED) is 0.579. The molecule has 0 aromatic heterocycles. The third kappa shape index (κ3) is 22.5. The summed E-state index contributed by atoms with van der Waals surface area (Å²) in [5, 5.41) is 8.48. The maximum Gasteiger partial charge on any atom is 0.0964 e. The molecule has 0 saturated carbocycles. The Morgan fingerprint density at radius 1 is 1.08 bits per heavy atom. The number of nitrogens with zero attached hydrogens (tertiary/aromatic N) is 2. The average Bonchev–Trinajstić information content (AvgIpc) is 1.91. The summed E-state index contributed by atoms with van der Waals surface area (Å²) in [6.45, 7) is 0.925. The van der Waals surface area contributed by atoms with E-state index in [9.17, 15) is 0 Å². The van der Waals surface area contributed by atoms with Gasteiger partial charge in [0.25, 0.3) is 0 Å². The van der Waals surface area contributed by atoms with Crippen LogP contribution in [-0.2, 0) is 0 Å². The Hall–Kier alpha value is 1.34. The fourth-order valence-corrected chi connectivity index (χ4v) is 0.528. The zero-order valence-electron chi connectivity index (χ0n) is 6.51. The van der Waals surface area contributed by atoms with Crippen LogP contribution in [0.4, 0.5) is 0 Å². The molecule has 0 amide bonds. The van der Waals surface area contributed by atoms with Gasteiger partial charge in [0.05, 0.1) is 13.4 Å². The van der Waals surface area contributed by atoms with Gasteiger partial charge in [0.1, 0.15) is 0 Å². The summed E-state index contributed by atoms with van der Waals surface area (Å²) in [5.41, 5.74) is 0. The van der Waals surface area contributed by atoms with Gasteiger partial charge in [-0.25, -0.2) is 0 Å². The van der Waals surface area contributed by atoms with Gasteiger partial charge in [-0.3, -0.25) is 9.80 Å². The largest absolute Gasteiger partial charge is 0.381 e. The molecule has 12 heavy (non-hydrogen) atoms. The van der Waals surface area contributed by atoms with Gasteiger partial charge in [-0.1, -0.05) is 14.9 Å². The third-order valence-electron chi connectivity index (χ3n) is 0.766. The molecule has 0 unspecified atom stereocenters. The molecule has 0 fully saturated rings. The van der Waals surface area contributed by atoms with E-state index in [4.69, 9.17) is 5.11 Å². The van der Waals surface area contributed by atoms with Crippen molar-refractivity contribution in [3.05, 3.63) is 0 Å².